The van der Waals surface area contributed by atoms with E-state index in [1.807, 2.05) is 19.9 Å². The molecule has 70 valence electrons. The first-order valence-electron chi connectivity index (χ1n) is 4.10. The van der Waals surface area contributed by atoms with E-state index in [1.165, 1.54) is 0 Å². The minimum atomic E-state index is -0.302. The quantitative estimate of drug-likeness (QED) is 0.762. The highest BCUT2D eigenvalue weighted by atomic mass is 79.9. The Kier molecular flexibility index (Phi) is 3.20. The molecule has 0 aromatic carbocycles. The molecule has 1 aromatic heterocycles. The number of rotatable bonds is 3. The number of halogens is 1. The molecule has 0 saturated carbocycles. The number of hydrogen-bond acceptors (Lipinski definition) is 2. The summed E-state index contributed by atoms with van der Waals surface area (Å²) in [7, 11) is 0. The first-order valence-corrected chi connectivity index (χ1v) is 4.89. The molecule has 0 spiro atoms. The van der Waals surface area contributed by atoms with Crippen LogP contribution in [0.15, 0.2) is 22.9 Å². The van der Waals surface area contributed by atoms with Crippen LogP contribution in [0.3, 0.4) is 0 Å². The fourth-order valence-corrected chi connectivity index (χ4v) is 1.47. The van der Waals surface area contributed by atoms with Gasteiger partial charge in [0, 0.05) is 22.3 Å². The van der Waals surface area contributed by atoms with E-state index in [1.54, 1.807) is 12.4 Å². The maximum absolute atomic E-state index is 10.7. The molecule has 0 aliphatic heterocycles. The lowest BCUT2D eigenvalue weighted by Gasteiger charge is -2.16. The van der Waals surface area contributed by atoms with Crippen molar-refractivity contribution >= 4 is 22.2 Å². The molecule has 0 saturated heterocycles. The minimum absolute atomic E-state index is 0.302. The van der Waals surface area contributed by atoms with Crippen LogP contribution in [0, 0.1) is 5.41 Å². The maximum Gasteiger partial charge on any atom is 0.125 e. The summed E-state index contributed by atoms with van der Waals surface area (Å²) in [6, 6.07) is 1.93. The summed E-state index contributed by atoms with van der Waals surface area (Å²) in [5.74, 6) is 0. The number of hydrogen-bond donors (Lipinski definition) is 0. The molecular weight excluding hydrogens is 230 g/mol. The molecule has 2 nitrogen and oxygen atoms in total. The Labute approximate surface area is 86.5 Å². The Morgan fingerprint density at radius 3 is 2.85 bits per heavy atom. The number of aromatic nitrogens is 1. The summed E-state index contributed by atoms with van der Waals surface area (Å²) in [4.78, 5) is 14.7. The summed E-state index contributed by atoms with van der Waals surface area (Å²) >= 11 is 3.40. The van der Waals surface area contributed by atoms with Gasteiger partial charge in [0.2, 0.25) is 0 Å². The molecule has 0 aliphatic rings. The number of pyridine rings is 1. The van der Waals surface area contributed by atoms with Crippen LogP contribution in [0.1, 0.15) is 19.4 Å². The average molecular weight is 242 g/mol. The van der Waals surface area contributed by atoms with E-state index >= 15 is 0 Å². The van der Waals surface area contributed by atoms with Gasteiger partial charge in [-0.2, -0.15) is 0 Å². The molecule has 1 rings (SSSR count). The Bertz CT molecular complexity index is 310. The second kappa shape index (κ2) is 4.01. The lowest BCUT2D eigenvalue weighted by molar-refractivity contribution is -0.114. The van der Waals surface area contributed by atoms with Gasteiger partial charge in [-0.25, -0.2) is 0 Å². The first kappa shape index (κ1) is 10.4. The molecule has 1 aromatic rings. The van der Waals surface area contributed by atoms with Crippen LogP contribution in [0.2, 0.25) is 0 Å². The second-order valence-corrected chi connectivity index (χ2v) is 4.60. The molecule has 0 amide bonds. The van der Waals surface area contributed by atoms with Crippen molar-refractivity contribution in [3.63, 3.8) is 0 Å². The fourth-order valence-electron chi connectivity index (χ4n) is 1.08. The fraction of sp³-hybridized carbons (Fsp3) is 0.400. The third kappa shape index (κ3) is 2.92. The Hall–Kier alpha value is -0.700. The van der Waals surface area contributed by atoms with Crippen molar-refractivity contribution in [2.45, 2.75) is 20.3 Å². The van der Waals surface area contributed by atoms with Gasteiger partial charge in [0.25, 0.3) is 0 Å². The van der Waals surface area contributed by atoms with Crippen LogP contribution in [0.4, 0.5) is 0 Å². The molecule has 0 fully saturated rings. The SMILES string of the molecule is CC(C)(C=O)Cc1ccncc1Br. The Morgan fingerprint density at radius 1 is 1.62 bits per heavy atom. The molecule has 1 heterocycles. The maximum atomic E-state index is 10.7. The van der Waals surface area contributed by atoms with E-state index in [-0.39, 0.29) is 5.41 Å². The lowest BCUT2D eigenvalue weighted by Crippen LogP contribution is -2.16. The van der Waals surface area contributed by atoms with Gasteiger partial charge in [0.15, 0.2) is 0 Å². The molecular formula is C10H12BrNO. The van der Waals surface area contributed by atoms with Gasteiger partial charge in [-0.15, -0.1) is 0 Å². The molecule has 0 N–H and O–H groups in total. The molecule has 0 aliphatic carbocycles. The van der Waals surface area contributed by atoms with Gasteiger partial charge < -0.3 is 4.79 Å². The van der Waals surface area contributed by atoms with Crippen molar-refractivity contribution in [1.82, 2.24) is 4.98 Å². The number of carbonyl (C=O) groups is 1. The smallest absolute Gasteiger partial charge is 0.125 e. The zero-order valence-corrected chi connectivity index (χ0v) is 9.34. The van der Waals surface area contributed by atoms with Crippen molar-refractivity contribution < 1.29 is 4.79 Å². The first-order chi connectivity index (χ1) is 6.05. The van der Waals surface area contributed by atoms with Gasteiger partial charge >= 0.3 is 0 Å². The van der Waals surface area contributed by atoms with Crippen molar-refractivity contribution in [2.24, 2.45) is 5.41 Å². The summed E-state index contributed by atoms with van der Waals surface area (Å²) < 4.78 is 0.963. The highest BCUT2D eigenvalue weighted by Crippen LogP contribution is 2.23. The topological polar surface area (TPSA) is 30.0 Å². The van der Waals surface area contributed by atoms with Crippen molar-refractivity contribution in [1.29, 1.82) is 0 Å². The van der Waals surface area contributed by atoms with Crippen LogP contribution in [0.5, 0.6) is 0 Å². The molecule has 0 bridgehead atoms. The monoisotopic (exact) mass is 241 g/mol. The van der Waals surface area contributed by atoms with Crippen molar-refractivity contribution in [3.05, 3.63) is 28.5 Å². The van der Waals surface area contributed by atoms with E-state index in [0.29, 0.717) is 0 Å². The second-order valence-electron chi connectivity index (χ2n) is 3.75. The van der Waals surface area contributed by atoms with Crippen molar-refractivity contribution in [3.8, 4) is 0 Å². The standard InChI is InChI=1S/C10H12BrNO/c1-10(2,7-13)5-8-3-4-12-6-9(8)11/h3-4,6-7H,5H2,1-2H3. The van der Waals surface area contributed by atoms with Crippen molar-refractivity contribution in [2.75, 3.05) is 0 Å². The predicted octanol–water partition coefficient (Wildman–Crippen LogP) is 2.61. The van der Waals surface area contributed by atoms with Gasteiger partial charge in [0.1, 0.15) is 6.29 Å². The summed E-state index contributed by atoms with van der Waals surface area (Å²) in [6.07, 6.45) is 5.21. The molecule has 0 radical (unpaired) electrons. The number of nitrogens with zero attached hydrogens (tertiary/aromatic N) is 1. The lowest BCUT2D eigenvalue weighted by atomic mass is 9.88. The van der Waals surface area contributed by atoms with E-state index < -0.39 is 0 Å². The summed E-state index contributed by atoms with van der Waals surface area (Å²) in [5.41, 5.74) is 0.816. The normalized spacial score (nSPS) is 11.3. The highest BCUT2D eigenvalue weighted by molar-refractivity contribution is 9.10. The van der Waals surface area contributed by atoms with E-state index in [2.05, 4.69) is 20.9 Å². The zero-order chi connectivity index (χ0) is 9.90. The summed E-state index contributed by atoms with van der Waals surface area (Å²) in [5, 5.41) is 0. The van der Waals surface area contributed by atoms with E-state index in [4.69, 9.17) is 0 Å². The van der Waals surface area contributed by atoms with Crippen LogP contribution in [-0.4, -0.2) is 11.3 Å². The van der Waals surface area contributed by atoms with Crippen LogP contribution >= 0.6 is 15.9 Å². The molecule has 3 heteroatoms. The predicted molar refractivity (Wildman–Crippen MR) is 55.5 cm³/mol. The van der Waals surface area contributed by atoms with E-state index in [0.717, 1.165) is 22.7 Å². The molecule has 13 heavy (non-hydrogen) atoms. The number of aldehydes is 1. The van der Waals surface area contributed by atoms with Gasteiger partial charge in [-0.1, -0.05) is 13.8 Å². The van der Waals surface area contributed by atoms with Gasteiger partial charge in [-0.05, 0) is 34.0 Å². The Morgan fingerprint density at radius 2 is 2.31 bits per heavy atom. The summed E-state index contributed by atoms with van der Waals surface area (Å²) in [6.45, 7) is 3.85. The van der Waals surface area contributed by atoms with Crippen LogP contribution in [0.25, 0.3) is 0 Å². The highest BCUT2D eigenvalue weighted by Gasteiger charge is 2.18. The molecule has 0 atom stereocenters. The molecule has 0 unspecified atom stereocenters. The van der Waals surface area contributed by atoms with Crippen LogP contribution in [-0.2, 0) is 11.2 Å². The van der Waals surface area contributed by atoms with Gasteiger partial charge in [-0.3, -0.25) is 4.98 Å². The minimum Gasteiger partial charge on any atom is -0.303 e. The van der Waals surface area contributed by atoms with Gasteiger partial charge in [0.05, 0.1) is 0 Å². The van der Waals surface area contributed by atoms with Crippen LogP contribution < -0.4 is 0 Å². The third-order valence-corrected chi connectivity index (χ3v) is 2.54. The number of carbonyl (C=O) groups excluding carboxylic acids is 1. The largest absolute Gasteiger partial charge is 0.303 e. The third-order valence-electron chi connectivity index (χ3n) is 1.82. The zero-order valence-electron chi connectivity index (χ0n) is 7.75. The Balaban J connectivity index is 2.86. The van der Waals surface area contributed by atoms with E-state index in [9.17, 15) is 4.79 Å². The average Bonchev–Trinajstić information content (AvgIpc) is 2.09.